The first-order chi connectivity index (χ1) is 3.81. The fourth-order valence-electron chi connectivity index (χ4n) is 0.325. The van der Waals surface area contributed by atoms with Crippen LogP contribution in [0, 0.1) is 17.8 Å². The molecule has 0 spiro atoms. The highest BCUT2D eigenvalue weighted by Gasteiger charge is 1.97. The van der Waals surface area contributed by atoms with Crippen molar-refractivity contribution in [3.63, 3.8) is 0 Å². The Kier molecular flexibility index (Phi) is 3.91. The van der Waals surface area contributed by atoms with Crippen molar-refractivity contribution in [2.45, 2.75) is 12.5 Å². The summed E-state index contributed by atoms with van der Waals surface area (Å²) in [5, 5.41) is 16.7. The largest absolute Gasteiger partial charge is 0.391 e. The highest BCUT2D eigenvalue weighted by atomic mass is 16.3. The lowest BCUT2D eigenvalue weighted by molar-refractivity contribution is 0.216. The zero-order valence-electron chi connectivity index (χ0n) is 4.54. The molecule has 0 rings (SSSR count). The Bertz CT molecular complexity index is 104. The van der Waals surface area contributed by atoms with Crippen LogP contribution in [0.3, 0.4) is 0 Å². The van der Waals surface area contributed by atoms with Crippen molar-refractivity contribution in [3.05, 3.63) is 19.1 Å². The minimum Gasteiger partial charge on any atom is -0.391 e. The summed E-state index contributed by atoms with van der Waals surface area (Å²) in [5.74, 6) is 0. The molecule has 0 aromatic carbocycles. The van der Waals surface area contributed by atoms with Gasteiger partial charge in [-0.15, -0.1) is 6.58 Å². The van der Waals surface area contributed by atoms with Gasteiger partial charge in [0, 0.05) is 0 Å². The number of hydrogen-bond donors (Lipinski definition) is 1. The van der Waals surface area contributed by atoms with Gasteiger partial charge in [0.1, 0.15) is 0 Å². The normalized spacial score (nSPS) is 12.0. The summed E-state index contributed by atoms with van der Waals surface area (Å²) < 4.78 is 0. The van der Waals surface area contributed by atoms with Crippen LogP contribution in [0.5, 0.6) is 0 Å². The van der Waals surface area contributed by atoms with Gasteiger partial charge in [0.15, 0.2) is 0 Å². The van der Waals surface area contributed by atoms with Crippen LogP contribution in [-0.4, -0.2) is 11.2 Å². The lowest BCUT2D eigenvalue weighted by Crippen LogP contribution is -2.02. The molecule has 0 saturated heterocycles. The van der Waals surface area contributed by atoms with Crippen molar-refractivity contribution in [1.29, 1.82) is 5.26 Å². The van der Waals surface area contributed by atoms with Crippen LogP contribution in [0.2, 0.25) is 0 Å². The molecule has 0 unspecified atom stereocenters. The van der Waals surface area contributed by atoms with E-state index in [1.807, 2.05) is 0 Å². The molecule has 0 aliphatic carbocycles. The molecule has 0 aromatic heterocycles. The number of aliphatic hydroxyl groups is 1. The fraction of sp³-hybridized carbons (Fsp3) is 0.333. The van der Waals surface area contributed by atoms with E-state index >= 15 is 0 Å². The summed E-state index contributed by atoms with van der Waals surface area (Å²) in [6.07, 6.45) is 2.55. The van der Waals surface area contributed by atoms with E-state index in [2.05, 4.69) is 6.58 Å². The molecular weight excluding hydrogens is 102 g/mol. The van der Waals surface area contributed by atoms with Crippen LogP contribution < -0.4 is 0 Å². The van der Waals surface area contributed by atoms with Crippen molar-refractivity contribution in [3.8, 4) is 6.07 Å². The van der Waals surface area contributed by atoms with E-state index in [0.29, 0.717) is 6.42 Å². The molecule has 2 heteroatoms. The van der Waals surface area contributed by atoms with E-state index in [0.717, 1.165) is 0 Å². The van der Waals surface area contributed by atoms with E-state index in [9.17, 15) is 0 Å². The number of nitriles is 1. The smallest absolute Gasteiger partial charge is 0.0908 e. The van der Waals surface area contributed by atoms with Crippen molar-refractivity contribution >= 4 is 0 Å². The van der Waals surface area contributed by atoms with Crippen LogP contribution in [0.4, 0.5) is 0 Å². The molecule has 0 aliphatic heterocycles. The van der Waals surface area contributed by atoms with Gasteiger partial charge < -0.3 is 5.11 Å². The van der Waals surface area contributed by atoms with E-state index < -0.39 is 6.10 Å². The van der Waals surface area contributed by atoms with Gasteiger partial charge in [0.2, 0.25) is 0 Å². The molecule has 0 aliphatic rings. The van der Waals surface area contributed by atoms with Gasteiger partial charge in [-0.1, -0.05) is 6.08 Å². The second kappa shape index (κ2) is 4.35. The van der Waals surface area contributed by atoms with Gasteiger partial charge in [0.05, 0.1) is 18.6 Å². The SMILES string of the molecule is C=CC[C@H](O)[CH]C#N. The molecule has 0 amide bonds. The molecule has 43 valence electrons. The van der Waals surface area contributed by atoms with Gasteiger partial charge >= 0.3 is 0 Å². The van der Waals surface area contributed by atoms with Crippen LogP contribution in [0.1, 0.15) is 6.42 Å². The summed E-state index contributed by atoms with van der Waals surface area (Å²) in [4.78, 5) is 0. The van der Waals surface area contributed by atoms with Gasteiger partial charge in [-0.25, -0.2) is 0 Å². The van der Waals surface area contributed by atoms with Gasteiger partial charge in [-0.05, 0) is 6.42 Å². The highest BCUT2D eigenvalue weighted by molar-refractivity contribution is 4.98. The molecule has 8 heavy (non-hydrogen) atoms. The minimum atomic E-state index is -0.641. The Balaban J connectivity index is 3.20. The van der Waals surface area contributed by atoms with Crippen molar-refractivity contribution in [2.75, 3.05) is 0 Å². The minimum absolute atomic E-state index is 0.452. The summed E-state index contributed by atoms with van der Waals surface area (Å²) in [6, 6.07) is 1.73. The summed E-state index contributed by atoms with van der Waals surface area (Å²) in [5.41, 5.74) is 0. The Hall–Kier alpha value is -0.810. The third-order valence-electron chi connectivity index (χ3n) is 0.675. The molecule has 1 atom stereocenters. The fourth-order valence-corrected chi connectivity index (χ4v) is 0.325. The third kappa shape index (κ3) is 3.38. The molecule has 2 nitrogen and oxygen atoms in total. The zero-order chi connectivity index (χ0) is 6.41. The van der Waals surface area contributed by atoms with Crippen LogP contribution in [0.25, 0.3) is 0 Å². The van der Waals surface area contributed by atoms with Crippen molar-refractivity contribution in [1.82, 2.24) is 0 Å². The molecule has 1 N–H and O–H groups in total. The first-order valence-electron chi connectivity index (χ1n) is 2.33. The number of hydrogen-bond acceptors (Lipinski definition) is 2. The lowest BCUT2D eigenvalue weighted by Gasteiger charge is -1.97. The van der Waals surface area contributed by atoms with Crippen molar-refractivity contribution < 1.29 is 5.11 Å². The maximum absolute atomic E-state index is 8.70. The molecule has 0 heterocycles. The predicted molar refractivity (Wildman–Crippen MR) is 30.7 cm³/mol. The van der Waals surface area contributed by atoms with E-state index in [-0.39, 0.29) is 0 Å². The standard InChI is InChI=1S/C6H8NO/c1-2-3-6(8)4-5-7/h2,4,6,8H,1,3H2/t6-/m0/s1. The summed E-state index contributed by atoms with van der Waals surface area (Å²) >= 11 is 0. The van der Waals surface area contributed by atoms with Gasteiger partial charge in [-0.2, -0.15) is 5.26 Å². The van der Waals surface area contributed by atoms with E-state index in [1.165, 1.54) is 6.42 Å². The van der Waals surface area contributed by atoms with E-state index in [4.69, 9.17) is 10.4 Å². The maximum atomic E-state index is 8.70. The Morgan fingerprint density at radius 3 is 2.88 bits per heavy atom. The molecule has 0 bridgehead atoms. The van der Waals surface area contributed by atoms with Crippen molar-refractivity contribution in [2.24, 2.45) is 0 Å². The molecular formula is C6H8NO. The molecule has 0 saturated carbocycles. The molecule has 0 fully saturated rings. The highest BCUT2D eigenvalue weighted by Crippen LogP contribution is 1.93. The number of aliphatic hydroxyl groups excluding tert-OH is 1. The first kappa shape index (κ1) is 7.19. The average molecular weight is 110 g/mol. The molecule has 0 aromatic rings. The quantitative estimate of drug-likeness (QED) is 0.542. The first-order valence-corrected chi connectivity index (χ1v) is 2.33. The second-order valence-electron chi connectivity index (χ2n) is 1.39. The Labute approximate surface area is 49.1 Å². The Morgan fingerprint density at radius 2 is 2.50 bits per heavy atom. The number of nitrogens with zero attached hydrogens (tertiary/aromatic N) is 1. The second-order valence-corrected chi connectivity index (χ2v) is 1.39. The third-order valence-corrected chi connectivity index (χ3v) is 0.675. The van der Waals surface area contributed by atoms with Gasteiger partial charge in [0.25, 0.3) is 0 Å². The molecule has 1 radical (unpaired) electrons. The zero-order valence-corrected chi connectivity index (χ0v) is 4.54. The summed E-state index contributed by atoms with van der Waals surface area (Å²) in [6.45, 7) is 3.39. The number of rotatable bonds is 3. The summed E-state index contributed by atoms with van der Waals surface area (Å²) in [7, 11) is 0. The monoisotopic (exact) mass is 110 g/mol. The average Bonchev–Trinajstić information content (AvgIpc) is 1.68. The topological polar surface area (TPSA) is 44.0 Å². The van der Waals surface area contributed by atoms with E-state index in [1.54, 1.807) is 12.1 Å². The lowest BCUT2D eigenvalue weighted by atomic mass is 10.2. The van der Waals surface area contributed by atoms with Crippen LogP contribution >= 0.6 is 0 Å². The van der Waals surface area contributed by atoms with Crippen LogP contribution in [0.15, 0.2) is 12.7 Å². The van der Waals surface area contributed by atoms with Gasteiger partial charge in [-0.3, -0.25) is 0 Å². The Morgan fingerprint density at radius 1 is 1.88 bits per heavy atom. The predicted octanol–water partition coefficient (Wildman–Crippen LogP) is 0.651. The maximum Gasteiger partial charge on any atom is 0.0908 e. The van der Waals surface area contributed by atoms with Crippen LogP contribution in [-0.2, 0) is 0 Å².